The minimum absolute atomic E-state index is 0.200. The zero-order valence-corrected chi connectivity index (χ0v) is 11.8. The van der Waals surface area contributed by atoms with E-state index in [4.69, 9.17) is 0 Å². The van der Waals surface area contributed by atoms with Gasteiger partial charge in [0.1, 0.15) is 0 Å². The highest BCUT2D eigenvalue weighted by Crippen LogP contribution is 2.39. The lowest BCUT2D eigenvalue weighted by Crippen LogP contribution is -2.13. The standard InChI is InChI=1S/C16H21F3O/c1-2-3-11-4-6-12(7-5-11)13-8-14(18)16(20-10-17)15(19)9-13/h8-9,11-12H,2-7,10H2,1H3. The number of hydrogen-bond acceptors (Lipinski definition) is 1. The molecule has 0 N–H and O–H groups in total. The number of benzene rings is 1. The van der Waals surface area contributed by atoms with Crippen molar-refractivity contribution in [3.05, 3.63) is 29.3 Å². The van der Waals surface area contributed by atoms with E-state index in [-0.39, 0.29) is 5.92 Å². The van der Waals surface area contributed by atoms with Gasteiger partial charge in [-0.25, -0.2) is 13.2 Å². The molecule has 0 unspecified atom stereocenters. The largest absolute Gasteiger partial charge is 0.457 e. The molecule has 1 aromatic carbocycles. The molecule has 1 aliphatic carbocycles. The van der Waals surface area contributed by atoms with Crippen molar-refractivity contribution in [2.75, 3.05) is 6.86 Å². The summed E-state index contributed by atoms with van der Waals surface area (Å²) in [6.07, 6.45) is 6.58. The SMILES string of the molecule is CCCC1CCC(c2cc(F)c(OCF)c(F)c2)CC1. The molecule has 0 heterocycles. The minimum Gasteiger partial charge on any atom is -0.457 e. The van der Waals surface area contributed by atoms with Crippen LogP contribution >= 0.6 is 0 Å². The molecule has 0 atom stereocenters. The van der Waals surface area contributed by atoms with E-state index in [9.17, 15) is 13.2 Å². The Balaban J connectivity index is 2.07. The van der Waals surface area contributed by atoms with Crippen molar-refractivity contribution < 1.29 is 17.9 Å². The smallest absolute Gasteiger partial charge is 0.228 e. The van der Waals surface area contributed by atoms with Crippen molar-refractivity contribution >= 4 is 0 Å². The van der Waals surface area contributed by atoms with E-state index in [0.717, 1.165) is 31.6 Å². The fourth-order valence-electron chi connectivity index (χ4n) is 3.20. The zero-order valence-electron chi connectivity index (χ0n) is 11.8. The van der Waals surface area contributed by atoms with E-state index in [0.29, 0.717) is 5.56 Å². The van der Waals surface area contributed by atoms with Crippen molar-refractivity contribution in [2.45, 2.75) is 51.4 Å². The summed E-state index contributed by atoms with van der Waals surface area (Å²) in [4.78, 5) is 0. The molecule has 1 aliphatic rings. The Kier molecular flexibility index (Phi) is 5.32. The minimum atomic E-state index is -1.23. The Hall–Kier alpha value is -1.19. The number of alkyl halides is 1. The Morgan fingerprint density at radius 1 is 1.10 bits per heavy atom. The van der Waals surface area contributed by atoms with Crippen LogP contribution in [0.25, 0.3) is 0 Å². The summed E-state index contributed by atoms with van der Waals surface area (Å²) in [5, 5.41) is 0. The molecule has 1 aromatic rings. The highest BCUT2D eigenvalue weighted by atomic mass is 19.1. The lowest BCUT2D eigenvalue weighted by Gasteiger charge is -2.28. The molecule has 4 heteroatoms. The molecule has 0 aliphatic heterocycles. The molecule has 0 bridgehead atoms. The summed E-state index contributed by atoms with van der Waals surface area (Å²) in [6.45, 7) is 0.954. The molecule has 0 radical (unpaired) electrons. The molecule has 20 heavy (non-hydrogen) atoms. The van der Waals surface area contributed by atoms with Crippen molar-refractivity contribution in [1.82, 2.24) is 0 Å². The number of hydrogen-bond donors (Lipinski definition) is 0. The van der Waals surface area contributed by atoms with Crippen LogP contribution in [0.4, 0.5) is 13.2 Å². The predicted molar refractivity (Wildman–Crippen MR) is 72.6 cm³/mol. The first-order valence-electron chi connectivity index (χ1n) is 7.33. The third-order valence-corrected chi connectivity index (χ3v) is 4.23. The van der Waals surface area contributed by atoms with Gasteiger partial charge in [-0.3, -0.25) is 0 Å². The van der Waals surface area contributed by atoms with Gasteiger partial charge >= 0.3 is 0 Å². The number of rotatable bonds is 5. The van der Waals surface area contributed by atoms with Gasteiger partial charge in [-0.2, -0.15) is 0 Å². The second kappa shape index (κ2) is 7.00. The molecular weight excluding hydrogens is 265 g/mol. The maximum absolute atomic E-state index is 13.7. The second-order valence-electron chi connectivity index (χ2n) is 5.57. The van der Waals surface area contributed by atoms with Gasteiger partial charge in [0.05, 0.1) is 0 Å². The monoisotopic (exact) mass is 286 g/mol. The summed E-state index contributed by atoms with van der Waals surface area (Å²) < 4.78 is 43.8. The summed E-state index contributed by atoms with van der Waals surface area (Å²) >= 11 is 0. The topological polar surface area (TPSA) is 9.23 Å². The first-order valence-corrected chi connectivity index (χ1v) is 7.33. The molecule has 0 aromatic heterocycles. The van der Waals surface area contributed by atoms with Crippen molar-refractivity contribution in [1.29, 1.82) is 0 Å². The van der Waals surface area contributed by atoms with Crippen LogP contribution in [-0.2, 0) is 0 Å². The molecule has 2 rings (SSSR count). The summed E-state index contributed by atoms with van der Waals surface area (Å²) in [5.74, 6) is -1.29. The van der Waals surface area contributed by atoms with E-state index >= 15 is 0 Å². The quantitative estimate of drug-likeness (QED) is 0.709. The molecule has 112 valence electrons. The van der Waals surface area contributed by atoms with Crippen LogP contribution in [0.5, 0.6) is 5.75 Å². The summed E-state index contributed by atoms with van der Waals surface area (Å²) in [5.41, 5.74) is 0.668. The lowest BCUT2D eigenvalue weighted by molar-refractivity contribution is 0.176. The fourth-order valence-corrected chi connectivity index (χ4v) is 3.20. The Morgan fingerprint density at radius 2 is 1.70 bits per heavy atom. The summed E-state index contributed by atoms with van der Waals surface area (Å²) in [6, 6.07) is 2.58. The maximum Gasteiger partial charge on any atom is 0.228 e. The van der Waals surface area contributed by atoms with Crippen LogP contribution in [0.1, 0.15) is 56.9 Å². The van der Waals surface area contributed by atoms with Gasteiger partial charge in [0.25, 0.3) is 0 Å². The van der Waals surface area contributed by atoms with Gasteiger partial charge in [-0.15, -0.1) is 0 Å². The van der Waals surface area contributed by atoms with Gasteiger partial charge in [-0.05, 0) is 55.2 Å². The van der Waals surface area contributed by atoms with Gasteiger partial charge in [0, 0.05) is 0 Å². The van der Waals surface area contributed by atoms with Crippen LogP contribution in [0.2, 0.25) is 0 Å². The van der Waals surface area contributed by atoms with E-state index in [1.807, 2.05) is 0 Å². The Labute approximate surface area is 118 Å². The molecule has 0 saturated heterocycles. The highest BCUT2D eigenvalue weighted by molar-refractivity contribution is 5.33. The number of halogens is 3. The average Bonchev–Trinajstić information content (AvgIpc) is 2.44. The van der Waals surface area contributed by atoms with E-state index in [1.54, 1.807) is 0 Å². The third-order valence-electron chi connectivity index (χ3n) is 4.23. The van der Waals surface area contributed by atoms with Gasteiger partial charge < -0.3 is 4.74 Å². The number of ether oxygens (including phenoxy) is 1. The van der Waals surface area contributed by atoms with Crippen LogP contribution in [-0.4, -0.2) is 6.86 Å². The van der Waals surface area contributed by atoms with E-state index in [1.165, 1.54) is 25.0 Å². The van der Waals surface area contributed by atoms with Gasteiger partial charge in [-0.1, -0.05) is 19.8 Å². The second-order valence-corrected chi connectivity index (χ2v) is 5.57. The predicted octanol–water partition coefficient (Wildman–Crippen LogP) is 5.34. The lowest BCUT2D eigenvalue weighted by atomic mass is 9.77. The van der Waals surface area contributed by atoms with Crippen LogP contribution in [0.3, 0.4) is 0 Å². The molecule has 1 fully saturated rings. The first kappa shape index (κ1) is 15.2. The van der Waals surface area contributed by atoms with Gasteiger partial charge in [0.2, 0.25) is 6.86 Å². The van der Waals surface area contributed by atoms with Crippen molar-refractivity contribution in [3.8, 4) is 5.75 Å². The van der Waals surface area contributed by atoms with Crippen LogP contribution in [0, 0.1) is 17.6 Å². The maximum atomic E-state index is 13.7. The highest BCUT2D eigenvalue weighted by Gasteiger charge is 2.24. The van der Waals surface area contributed by atoms with Crippen molar-refractivity contribution in [3.63, 3.8) is 0 Å². The zero-order chi connectivity index (χ0) is 14.5. The van der Waals surface area contributed by atoms with Crippen LogP contribution in [0.15, 0.2) is 12.1 Å². The van der Waals surface area contributed by atoms with E-state index < -0.39 is 24.2 Å². The fraction of sp³-hybridized carbons (Fsp3) is 0.625. The first-order chi connectivity index (χ1) is 9.65. The molecule has 1 nitrogen and oxygen atoms in total. The normalized spacial score (nSPS) is 22.8. The molecule has 1 saturated carbocycles. The third kappa shape index (κ3) is 3.47. The Morgan fingerprint density at radius 3 is 2.20 bits per heavy atom. The average molecular weight is 286 g/mol. The molecular formula is C16H21F3O. The molecule has 0 spiro atoms. The van der Waals surface area contributed by atoms with Gasteiger partial charge in [0.15, 0.2) is 17.4 Å². The molecule has 0 amide bonds. The van der Waals surface area contributed by atoms with Crippen molar-refractivity contribution in [2.24, 2.45) is 5.92 Å². The Bertz CT molecular complexity index is 416. The van der Waals surface area contributed by atoms with Crippen LogP contribution < -0.4 is 4.74 Å². The van der Waals surface area contributed by atoms with E-state index in [2.05, 4.69) is 11.7 Å². The summed E-state index contributed by atoms with van der Waals surface area (Å²) in [7, 11) is 0.